The fraction of sp³-hybridized carbons (Fsp3) is 0.273. The lowest BCUT2D eigenvalue weighted by molar-refractivity contribution is 0.0532. The molecule has 3 aromatic rings. The van der Waals surface area contributed by atoms with E-state index in [0.717, 1.165) is 10.9 Å². The maximum atomic E-state index is 12.9. The maximum absolute atomic E-state index is 12.9. The minimum absolute atomic E-state index is 0.0422. The highest BCUT2D eigenvalue weighted by Crippen LogP contribution is 2.28. The summed E-state index contributed by atoms with van der Waals surface area (Å²) < 4.78 is 10.5. The maximum Gasteiger partial charge on any atom is 0.270 e. The molecule has 1 aliphatic rings. The van der Waals surface area contributed by atoms with Crippen molar-refractivity contribution < 1.29 is 19.1 Å². The number of methoxy groups -OCH3 is 2. The average molecular weight is 393 g/mol. The summed E-state index contributed by atoms with van der Waals surface area (Å²) in [6.45, 7) is 1.96. The number of para-hydroxylation sites is 1. The molecule has 1 fully saturated rings. The molecule has 2 heterocycles. The first-order valence-electron chi connectivity index (χ1n) is 9.49. The molecule has 150 valence electrons. The van der Waals surface area contributed by atoms with Crippen LogP contribution in [0.25, 0.3) is 10.9 Å². The van der Waals surface area contributed by atoms with Crippen molar-refractivity contribution in [3.63, 3.8) is 0 Å². The summed E-state index contributed by atoms with van der Waals surface area (Å²) in [5, 5.41) is 1.01. The topological polar surface area (TPSA) is 74.9 Å². The Hall–Kier alpha value is -3.48. The highest BCUT2D eigenvalue weighted by atomic mass is 16.5. The Morgan fingerprint density at radius 2 is 1.48 bits per heavy atom. The molecule has 0 aliphatic carbocycles. The van der Waals surface area contributed by atoms with Gasteiger partial charge in [-0.15, -0.1) is 0 Å². The number of aromatic amines is 1. The summed E-state index contributed by atoms with van der Waals surface area (Å²) in [7, 11) is 3.10. The number of aromatic nitrogens is 1. The van der Waals surface area contributed by atoms with Crippen molar-refractivity contribution in [3.8, 4) is 11.5 Å². The number of benzene rings is 2. The van der Waals surface area contributed by atoms with E-state index in [4.69, 9.17) is 9.47 Å². The second kappa shape index (κ2) is 7.87. The van der Waals surface area contributed by atoms with Gasteiger partial charge in [0.2, 0.25) is 0 Å². The summed E-state index contributed by atoms with van der Waals surface area (Å²) in [6.07, 6.45) is 0. The van der Waals surface area contributed by atoms with Crippen molar-refractivity contribution in [2.45, 2.75) is 0 Å². The third-order valence-electron chi connectivity index (χ3n) is 5.24. The largest absolute Gasteiger partial charge is 0.493 e. The zero-order valence-corrected chi connectivity index (χ0v) is 16.5. The van der Waals surface area contributed by atoms with Gasteiger partial charge in [-0.05, 0) is 30.3 Å². The lowest BCUT2D eigenvalue weighted by Crippen LogP contribution is -2.50. The van der Waals surface area contributed by atoms with E-state index >= 15 is 0 Å². The molecule has 2 aromatic carbocycles. The Labute approximate surface area is 168 Å². The fourth-order valence-corrected chi connectivity index (χ4v) is 3.62. The van der Waals surface area contributed by atoms with Gasteiger partial charge in [0.1, 0.15) is 5.69 Å². The van der Waals surface area contributed by atoms with Crippen LogP contribution in [-0.4, -0.2) is 67.0 Å². The third-order valence-corrected chi connectivity index (χ3v) is 5.24. The van der Waals surface area contributed by atoms with E-state index in [1.165, 1.54) is 0 Å². The summed E-state index contributed by atoms with van der Waals surface area (Å²) in [5.41, 5.74) is 2.06. The molecule has 0 atom stereocenters. The van der Waals surface area contributed by atoms with Crippen molar-refractivity contribution in [1.82, 2.24) is 14.8 Å². The summed E-state index contributed by atoms with van der Waals surface area (Å²) in [5.74, 6) is 0.979. The molecule has 1 N–H and O–H groups in total. The predicted molar refractivity (Wildman–Crippen MR) is 110 cm³/mol. The predicted octanol–water partition coefficient (Wildman–Crippen LogP) is 2.78. The molecule has 0 unspecified atom stereocenters. The molecular formula is C22H23N3O4. The Balaban J connectivity index is 1.42. The van der Waals surface area contributed by atoms with E-state index in [1.54, 1.807) is 42.2 Å². The zero-order chi connectivity index (χ0) is 20.4. The number of carbonyl (C=O) groups excluding carboxylic acids is 2. The number of hydrogen-bond donors (Lipinski definition) is 1. The van der Waals surface area contributed by atoms with Crippen LogP contribution in [0.1, 0.15) is 20.8 Å². The first-order valence-corrected chi connectivity index (χ1v) is 9.49. The van der Waals surface area contributed by atoms with Gasteiger partial charge in [0.25, 0.3) is 11.8 Å². The second-order valence-electron chi connectivity index (χ2n) is 6.92. The first-order chi connectivity index (χ1) is 14.1. The standard InChI is InChI=1S/C22H23N3O4/c1-28-19-8-7-16(14-20(19)29-2)21(26)24-9-11-25(12-10-24)22(27)18-13-15-5-3-4-6-17(15)23-18/h3-8,13-14,23H,9-12H2,1-2H3. The SMILES string of the molecule is COc1ccc(C(=O)N2CCN(C(=O)c3cc4ccccc4[nH]3)CC2)cc1OC. The molecule has 1 saturated heterocycles. The quantitative estimate of drug-likeness (QED) is 0.740. The molecule has 1 aromatic heterocycles. The van der Waals surface area contributed by atoms with Crippen LogP contribution in [-0.2, 0) is 0 Å². The van der Waals surface area contributed by atoms with Gasteiger partial charge in [-0.3, -0.25) is 9.59 Å². The van der Waals surface area contributed by atoms with Gasteiger partial charge in [0, 0.05) is 42.6 Å². The smallest absolute Gasteiger partial charge is 0.270 e. The first kappa shape index (κ1) is 18.9. The second-order valence-corrected chi connectivity index (χ2v) is 6.92. The molecule has 2 amide bonds. The van der Waals surface area contributed by atoms with Crippen molar-refractivity contribution in [1.29, 1.82) is 0 Å². The van der Waals surface area contributed by atoms with Gasteiger partial charge in [0.05, 0.1) is 14.2 Å². The number of amides is 2. The van der Waals surface area contributed by atoms with Gasteiger partial charge < -0.3 is 24.3 Å². The minimum atomic E-state index is -0.0799. The van der Waals surface area contributed by atoms with E-state index in [-0.39, 0.29) is 11.8 Å². The minimum Gasteiger partial charge on any atom is -0.493 e. The molecule has 0 radical (unpaired) electrons. The van der Waals surface area contributed by atoms with Crippen LogP contribution < -0.4 is 9.47 Å². The van der Waals surface area contributed by atoms with E-state index < -0.39 is 0 Å². The highest BCUT2D eigenvalue weighted by Gasteiger charge is 2.26. The Morgan fingerprint density at radius 3 is 2.14 bits per heavy atom. The molecule has 7 nitrogen and oxygen atoms in total. The van der Waals surface area contributed by atoms with Gasteiger partial charge in [-0.1, -0.05) is 18.2 Å². The molecule has 0 saturated carbocycles. The van der Waals surface area contributed by atoms with E-state index in [0.29, 0.717) is 48.9 Å². The van der Waals surface area contributed by atoms with Crippen LogP contribution in [0.2, 0.25) is 0 Å². The van der Waals surface area contributed by atoms with Gasteiger partial charge in [0.15, 0.2) is 11.5 Å². The van der Waals surface area contributed by atoms with Crippen LogP contribution >= 0.6 is 0 Å². The van der Waals surface area contributed by atoms with Crippen molar-refractivity contribution in [2.24, 2.45) is 0 Å². The van der Waals surface area contributed by atoms with Gasteiger partial charge >= 0.3 is 0 Å². The van der Waals surface area contributed by atoms with Gasteiger partial charge in [-0.2, -0.15) is 0 Å². The zero-order valence-electron chi connectivity index (χ0n) is 16.5. The molecule has 7 heteroatoms. The normalized spacial score (nSPS) is 14.1. The molecule has 29 heavy (non-hydrogen) atoms. The lowest BCUT2D eigenvalue weighted by Gasteiger charge is -2.34. The number of piperazine rings is 1. The summed E-state index contributed by atoms with van der Waals surface area (Å²) in [4.78, 5) is 32.4. The fourth-order valence-electron chi connectivity index (χ4n) is 3.62. The van der Waals surface area contributed by atoms with E-state index in [1.807, 2.05) is 30.3 Å². The molecule has 0 bridgehead atoms. The molecule has 1 aliphatic heterocycles. The number of ether oxygens (including phenoxy) is 2. The number of H-pyrrole nitrogens is 1. The number of hydrogen-bond acceptors (Lipinski definition) is 4. The Kier molecular flexibility index (Phi) is 5.12. The molecular weight excluding hydrogens is 370 g/mol. The van der Waals surface area contributed by atoms with Crippen molar-refractivity contribution in [3.05, 3.63) is 59.8 Å². The Bertz CT molecular complexity index is 1020. The van der Waals surface area contributed by atoms with Crippen LogP contribution in [0.15, 0.2) is 48.5 Å². The Morgan fingerprint density at radius 1 is 0.828 bits per heavy atom. The lowest BCUT2D eigenvalue weighted by atomic mass is 10.1. The monoisotopic (exact) mass is 393 g/mol. The average Bonchev–Trinajstić information content (AvgIpc) is 3.22. The number of carbonyl (C=O) groups is 2. The number of rotatable bonds is 4. The van der Waals surface area contributed by atoms with Crippen LogP contribution in [0.5, 0.6) is 11.5 Å². The summed E-state index contributed by atoms with van der Waals surface area (Å²) >= 11 is 0. The number of fused-ring (bicyclic) bond motifs is 1. The number of nitrogens with one attached hydrogen (secondary N) is 1. The molecule has 0 spiro atoms. The van der Waals surface area contributed by atoms with Crippen LogP contribution in [0.3, 0.4) is 0 Å². The van der Waals surface area contributed by atoms with Crippen molar-refractivity contribution in [2.75, 3.05) is 40.4 Å². The van der Waals surface area contributed by atoms with Crippen LogP contribution in [0.4, 0.5) is 0 Å². The van der Waals surface area contributed by atoms with E-state index in [9.17, 15) is 9.59 Å². The summed E-state index contributed by atoms with van der Waals surface area (Å²) in [6, 6.07) is 14.8. The highest BCUT2D eigenvalue weighted by molar-refractivity contribution is 5.98. The number of nitrogens with zero attached hydrogens (tertiary/aromatic N) is 2. The molecule has 4 rings (SSSR count). The van der Waals surface area contributed by atoms with Crippen LogP contribution in [0, 0.1) is 0 Å². The third kappa shape index (κ3) is 3.63. The van der Waals surface area contributed by atoms with Gasteiger partial charge in [-0.25, -0.2) is 0 Å². The van der Waals surface area contributed by atoms with Crippen molar-refractivity contribution >= 4 is 22.7 Å². The van der Waals surface area contributed by atoms with E-state index in [2.05, 4.69) is 4.98 Å².